The van der Waals surface area contributed by atoms with Crippen LogP contribution in [-0.4, -0.2) is 12.5 Å². The van der Waals surface area contributed by atoms with E-state index in [0.29, 0.717) is 5.92 Å². The highest BCUT2D eigenvalue weighted by Gasteiger charge is 2.27. The third-order valence-corrected chi connectivity index (χ3v) is 2.99. The molecule has 1 aliphatic heterocycles. The van der Waals surface area contributed by atoms with E-state index in [-0.39, 0.29) is 5.91 Å². The summed E-state index contributed by atoms with van der Waals surface area (Å²) < 4.78 is 0. The average Bonchev–Trinajstić information content (AvgIpc) is 2.51. The molecular weight excluding hydrogens is 162 g/mol. The van der Waals surface area contributed by atoms with Crippen LogP contribution in [0.25, 0.3) is 0 Å². The second-order valence-electron chi connectivity index (χ2n) is 4.11. The lowest BCUT2D eigenvalue weighted by atomic mass is 9.84. The van der Waals surface area contributed by atoms with Gasteiger partial charge in [0.2, 0.25) is 5.91 Å². The third-order valence-electron chi connectivity index (χ3n) is 2.99. The van der Waals surface area contributed by atoms with Gasteiger partial charge in [0.1, 0.15) is 0 Å². The van der Waals surface area contributed by atoms with Gasteiger partial charge in [0.25, 0.3) is 0 Å². The Morgan fingerprint density at radius 1 is 1.38 bits per heavy atom. The molecule has 1 atom stereocenters. The predicted octanol–water partition coefficient (Wildman–Crippen LogP) is 2.34. The van der Waals surface area contributed by atoms with Crippen LogP contribution in [0.2, 0.25) is 0 Å². The van der Waals surface area contributed by atoms with Crippen molar-refractivity contribution in [3.63, 3.8) is 0 Å². The number of carbonyl (C=O) groups is 1. The number of hydrogen-bond acceptors (Lipinski definition) is 1. The second kappa shape index (κ2) is 5.25. The van der Waals surface area contributed by atoms with E-state index in [4.69, 9.17) is 0 Å². The molecule has 0 saturated carbocycles. The molecule has 0 aromatic heterocycles. The van der Waals surface area contributed by atoms with Crippen molar-refractivity contribution in [2.75, 3.05) is 6.54 Å². The summed E-state index contributed by atoms with van der Waals surface area (Å²) in [4.78, 5) is 11.1. The summed E-state index contributed by atoms with van der Waals surface area (Å²) in [5.74, 6) is 1.64. The summed E-state index contributed by atoms with van der Waals surface area (Å²) in [6.45, 7) is 5.38. The van der Waals surface area contributed by atoms with Crippen LogP contribution in [0.5, 0.6) is 0 Å². The van der Waals surface area contributed by atoms with Crippen LogP contribution in [0.4, 0.5) is 0 Å². The Labute approximate surface area is 81.1 Å². The lowest BCUT2D eigenvalue weighted by Gasteiger charge is -2.20. The maximum Gasteiger partial charge on any atom is 0.220 e. The lowest BCUT2D eigenvalue weighted by molar-refractivity contribution is -0.119. The molecule has 1 unspecified atom stereocenters. The summed E-state index contributed by atoms with van der Waals surface area (Å²) in [6.07, 6.45) is 5.83. The maximum absolute atomic E-state index is 11.1. The quantitative estimate of drug-likeness (QED) is 0.696. The van der Waals surface area contributed by atoms with Gasteiger partial charge in [-0.05, 0) is 11.8 Å². The van der Waals surface area contributed by atoms with E-state index in [1.807, 2.05) is 0 Å². The van der Waals surface area contributed by atoms with E-state index < -0.39 is 0 Å². The molecule has 1 saturated heterocycles. The van der Waals surface area contributed by atoms with Gasteiger partial charge in [0, 0.05) is 13.0 Å². The molecular formula is C11H21NO. The molecule has 0 aromatic carbocycles. The van der Waals surface area contributed by atoms with Gasteiger partial charge in [-0.3, -0.25) is 4.79 Å². The van der Waals surface area contributed by atoms with Gasteiger partial charge >= 0.3 is 0 Å². The van der Waals surface area contributed by atoms with Crippen LogP contribution in [-0.2, 0) is 4.79 Å². The number of rotatable bonds is 5. The zero-order valence-corrected chi connectivity index (χ0v) is 8.81. The first-order valence-corrected chi connectivity index (χ1v) is 5.54. The molecule has 1 rings (SSSR count). The van der Waals surface area contributed by atoms with Crippen LogP contribution >= 0.6 is 0 Å². The van der Waals surface area contributed by atoms with E-state index >= 15 is 0 Å². The standard InChI is InChI=1S/C11H21NO/c1-3-5-9(6-4-2)10-7-11(13)12-8-10/h9-10H,3-8H2,1-2H3,(H,12,13). The zero-order valence-electron chi connectivity index (χ0n) is 8.81. The summed E-state index contributed by atoms with van der Waals surface area (Å²) in [6, 6.07) is 0. The smallest absolute Gasteiger partial charge is 0.220 e. The fraction of sp³-hybridized carbons (Fsp3) is 0.909. The Morgan fingerprint density at radius 2 is 2.00 bits per heavy atom. The van der Waals surface area contributed by atoms with Crippen molar-refractivity contribution < 1.29 is 4.79 Å². The van der Waals surface area contributed by atoms with E-state index in [2.05, 4.69) is 19.2 Å². The molecule has 2 nitrogen and oxygen atoms in total. The van der Waals surface area contributed by atoms with E-state index in [9.17, 15) is 4.79 Å². The Bertz CT molecular complexity index is 161. The minimum absolute atomic E-state index is 0.252. The molecule has 76 valence electrons. The van der Waals surface area contributed by atoms with E-state index in [1.54, 1.807) is 0 Å². The molecule has 0 radical (unpaired) electrons. The van der Waals surface area contributed by atoms with Crippen molar-refractivity contribution in [2.24, 2.45) is 11.8 Å². The van der Waals surface area contributed by atoms with Crippen LogP contribution in [0.3, 0.4) is 0 Å². The molecule has 1 aliphatic rings. The van der Waals surface area contributed by atoms with Gasteiger partial charge in [-0.15, -0.1) is 0 Å². The first-order valence-electron chi connectivity index (χ1n) is 5.54. The second-order valence-corrected chi connectivity index (χ2v) is 4.11. The number of amides is 1. The van der Waals surface area contributed by atoms with Crippen molar-refractivity contribution in [1.29, 1.82) is 0 Å². The number of nitrogens with one attached hydrogen (secondary N) is 1. The minimum Gasteiger partial charge on any atom is -0.356 e. The normalized spacial score (nSPS) is 22.4. The SMILES string of the molecule is CCCC(CCC)C1CNC(=O)C1. The topological polar surface area (TPSA) is 29.1 Å². The fourth-order valence-electron chi connectivity index (χ4n) is 2.32. The van der Waals surface area contributed by atoms with E-state index in [1.165, 1.54) is 25.7 Å². The summed E-state index contributed by atoms with van der Waals surface area (Å²) in [7, 11) is 0. The highest BCUT2D eigenvalue weighted by molar-refractivity contribution is 5.78. The van der Waals surface area contributed by atoms with Crippen molar-refractivity contribution >= 4 is 5.91 Å². The third kappa shape index (κ3) is 3.02. The maximum atomic E-state index is 11.1. The molecule has 1 heterocycles. The van der Waals surface area contributed by atoms with Gasteiger partial charge in [0.15, 0.2) is 0 Å². The molecule has 1 fully saturated rings. The first kappa shape index (κ1) is 10.6. The Balaban J connectivity index is 2.39. The minimum atomic E-state index is 0.252. The lowest BCUT2D eigenvalue weighted by Crippen LogP contribution is -2.18. The summed E-state index contributed by atoms with van der Waals surface area (Å²) in [5.41, 5.74) is 0. The van der Waals surface area contributed by atoms with Gasteiger partial charge < -0.3 is 5.32 Å². The number of hydrogen-bond donors (Lipinski definition) is 1. The largest absolute Gasteiger partial charge is 0.356 e. The van der Waals surface area contributed by atoms with Crippen molar-refractivity contribution in [2.45, 2.75) is 46.0 Å². The molecule has 13 heavy (non-hydrogen) atoms. The Kier molecular flexibility index (Phi) is 4.26. The molecule has 0 aliphatic carbocycles. The van der Waals surface area contributed by atoms with Gasteiger partial charge in [-0.1, -0.05) is 39.5 Å². The van der Waals surface area contributed by atoms with Gasteiger partial charge in [-0.25, -0.2) is 0 Å². The van der Waals surface area contributed by atoms with Gasteiger partial charge in [-0.2, -0.15) is 0 Å². The van der Waals surface area contributed by atoms with Gasteiger partial charge in [0.05, 0.1) is 0 Å². The molecule has 0 bridgehead atoms. The zero-order chi connectivity index (χ0) is 9.68. The highest BCUT2D eigenvalue weighted by Crippen LogP contribution is 2.27. The summed E-state index contributed by atoms with van der Waals surface area (Å²) >= 11 is 0. The molecule has 1 amide bonds. The molecule has 1 N–H and O–H groups in total. The van der Waals surface area contributed by atoms with E-state index in [0.717, 1.165) is 18.9 Å². The Morgan fingerprint density at radius 3 is 2.38 bits per heavy atom. The van der Waals surface area contributed by atoms with Crippen LogP contribution in [0, 0.1) is 11.8 Å². The number of carbonyl (C=O) groups excluding carboxylic acids is 1. The molecule has 0 spiro atoms. The predicted molar refractivity (Wildman–Crippen MR) is 54.4 cm³/mol. The summed E-state index contributed by atoms with van der Waals surface area (Å²) in [5, 5.41) is 2.93. The fourth-order valence-corrected chi connectivity index (χ4v) is 2.32. The van der Waals surface area contributed by atoms with Crippen LogP contribution in [0.15, 0.2) is 0 Å². The Hall–Kier alpha value is -0.530. The molecule has 0 aromatic rings. The van der Waals surface area contributed by atoms with Crippen molar-refractivity contribution in [1.82, 2.24) is 5.32 Å². The monoisotopic (exact) mass is 183 g/mol. The average molecular weight is 183 g/mol. The van der Waals surface area contributed by atoms with Crippen molar-refractivity contribution in [3.05, 3.63) is 0 Å². The van der Waals surface area contributed by atoms with Crippen molar-refractivity contribution in [3.8, 4) is 0 Å². The molecule has 2 heteroatoms. The van der Waals surface area contributed by atoms with Crippen LogP contribution in [0.1, 0.15) is 46.0 Å². The first-order chi connectivity index (χ1) is 6.27. The van der Waals surface area contributed by atoms with Crippen LogP contribution < -0.4 is 5.32 Å². The highest BCUT2D eigenvalue weighted by atomic mass is 16.1.